The molecule has 0 amide bonds. The minimum absolute atomic E-state index is 0.279. The lowest BCUT2D eigenvalue weighted by Crippen LogP contribution is -2.20. The van der Waals surface area contributed by atoms with E-state index in [1.54, 1.807) is 24.3 Å². The topological polar surface area (TPSA) is 49.9 Å². The zero-order chi connectivity index (χ0) is 18.0. The van der Waals surface area contributed by atoms with Crippen molar-refractivity contribution in [1.29, 1.82) is 0 Å². The number of benzene rings is 2. The molecule has 3 rings (SSSR count). The first-order chi connectivity index (χ1) is 11.9. The summed E-state index contributed by atoms with van der Waals surface area (Å²) in [4.78, 5) is 26.7. The zero-order valence-electron chi connectivity index (χ0n) is 12.6. The van der Waals surface area contributed by atoms with Crippen LogP contribution in [-0.4, -0.2) is 10.8 Å². The second-order valence-electron chi connectivity index (χ2n) is 5.12. The number of aromatic nitrogens is 1. The average Bonchev–Trinajstić information content (AvgIpc) is 2.91. The summed E-state index contributed by atoms with van der Waals surface area (Å²) in [6, 6.07) is 9.71. The van der Waals surface area contributed by atoms with Crippen LogP contribution in [0.3, 0.4) is 0 Å². The molecule has 0 saturated heterocycles. The SMILES string of the molecule is O=C(/C=c1/[nH]c(=O)/c(=C/c2ccc(F)c(F)c2)s1)c1ccc(Cl)cc1. The number of H-pyrrole nitrogens is 1. The molecule has 3 aromatic rings. The van der Waals surface area contributed by atoms with Crippen molar-refractivity contribution in [3.8, 4) is 0 Å². The van der Waals surface area contributed by atoms with E-state index < -0.39 is 17.2 Å². The Morgan fingerprint density at radius 2 is 1.80 bits per heavy atom. The first-order valence-corrected chi connectivity index (χ1v) is 8.29. The summed E-state index contributed by atoms with van der Waals surface area (Å²) in [6.07, 6.45) is 2.73. The van der Waals surface area contributed by atoms with Crippen molar-refractivity contribution in [3.05, 3.63) is 89.8 Å². The van der Waals surface area contributed by atoms with Gasteiger partial charge in [0, 0.05) is 16.7 Å². The van der Waals surface area contributed by atoms with E-state index in [1.165, 1.54) is 18.2 Å². The lowest BCUT2D eigenvalue weighted by atomic mass is 10.1. The Morgan fingerprint density at radius 1 is 1.08 bits per heavy atom. The van der Waals surface area contributed by atoms with Crippen LogP contribution < -0.4 is 14.8 Å². The summed E-state index contributed by atoms with van der Waals surface area (Å²) in [6.45, 7) is 0. The van der Waals surface area contributed by atoms with Crippen molar-refractivity contribution in [1.82, 2.24) is 4.98 Å². The Labute approximate surface area is 149 Å². The minimum atomic E-state index is -0.994. The smallest absolute Gasteiger partial charge is 0.266 e. The van der Waals surface area contributed by atoms with E-state index in [-0.39, 0.29) is 10.3 Å². The van der Waals surface area contributed by atoms with Crippen LogP contribution in [0.15, 0.2) is 47.3 Å². The molecule has 25 heavy (non-hydrogen) atoms. The van der Waals surface area contributed by atoms with Gasteiger partial charge in [-0.25, -0.2) is 8.78 Å². The summed E-state index contributed by atoms with van der Waals surface area (Å²) in [5, 5.41) is 0.518. The lowest BCUT2D eigenvalue weighted by molar-refractivity contribution is 0.106. The Balaban J connectivity index is 1.98. The fourth-order valence-electron chi connectivity index (χ4n) is 2.09. The fraction of sp³-hybridized carbons (Fsp3) is 0. The Kier molecular flexibility index (Phi) is 4.92. The van der Waals surface area contributed by atoms with E-state index in [4.69, 9.17) is 11.6 Å². The predicted molar refractivity (Wildman–Crippen MR) is 94.4 cm³/mol. The third kappa shape index (κ3) is 4.10. The maximum absolute atomic E-state index is 13.2. The molecule has 0 saturated carbocycles. The third-order valence-electron chi connectivity index (χ3n) is 3.31. The average molecular weight is 378 g/mol. The molecule has 1 N–H and O–H groups in total. The first kappa shape index (κ1) is 17.3. The molecule has 126 valence electrons. The molecular weight excluding hydrogens is 368 g/mol. The molecule has 0 spiro atoms. The number of halogens is 3. The second-order valence-corrected chi connectivity index (χ2v) is 6.64. The molecular formula is C18H10ClF2NO2S. The van der Waals surface area contributed by atoms with Crippen LogP contribution in [0.25, 0.3) is 12.2 Å². The van der Waals surface area contributed by atoms with Gasteiger partial charge in [0.25, 0.3) is 5.56 Å². The molecule has 0 fully saturated rings. The Morgan fingerprint density at radius 3 is 2.48 bits per heavy atom. The molecule has 7 heteroatoms. The van der Waals surface area contributed by atoms with Gasteiger partial charge in [-0.1, -0.05) is 17.7 Å². The van der Waals surface area contributed by atoms with Gasteiger partial charge < -0.3 is 4.98 Å². The van der Waals surface area contributed by atoms with Crippen molar-refractivity contribution in [2.75, 3.05) is 0 Å². The number of aromatic amines is 1. The van der Waals surface area contributed by atoms with E-state index >= 15 is 0 Å². The molecule has 0 aliphatic rings. The predicted octanol–water partition coefficient (Wildman–Crippen LogP) is 2.86. The number of nitrogens with one attached hydrogen (secondary N) is 1. The van der Waals surface area contributed by atoms with Gasteiger partial charge in [-0.05, 0) is 48.0 Å². The van der Waals surface area contributed by atoms with Gasteiger partial charge in [0.05, 0.1) is 9.20 Å². The largest absolute Gasteiger partial charge is 0.313 e. The van der Waals surface area contributed by atoms with Crippen LogP contribution in [0.4, 0.5) is 8.78 Å². The van der Waals surface area contributed by atoms with Gasteiger partial charge in [0.2, 0.25) is 0 Å². The molecule has 3 nitrogen and oxygen atoms in total. The van der Waals surface area contributed by atoms with Crippen molar-refractivity contribution in [2.45, 2.75) is 0 Å². The van der Waals surface area contributed by atoms with Gasteiger partial charge in [-0.2, -0.15) is 0 Å². The van der Waals surface area contributed by atoms with Crippen molar-refractivity contribution >= 4 is 40.9 Å². The van der Waals surface area contributed by atoms with Gasteiger partial charge in [-0.3, -0.25) is 9.59 Å². The fourth-order valence-corrected chi connectivity index (χ4v) is 3.11. The highest BCUT2D eigenvalue weighted by molar-refractivity contribution is 7.07. The number of Topliss-reactive ketones (excluding diaryl/α,β-unsaturated/α-hetero) is 1. The van der Waals surface area contributed by atoms with Crippen molar-refractivity contribution < 1.29 is 13.6 Å². The second kappa shape index (κ2) is 7.13. The molecule has 0 radical (unpaired) electrons. The van der Waals surface area contributed by atoms with Crippen LogP contribution in [0.1, 0.15) is 15.9 Å². The summed E-state index contributed by atoms with van der Waals surface area (Å²) in [7, 11) is 0. The Hall–Kier alpha value is -2.57. The molecule has 1 heterocycles. The van der Waals surface area contributed by atoms with E-state index in [1.807, 2.05) is 0 Å². The lowest BCUT2D eigenvalue weighted by Gasteiger charge is -1.94. The number of rotatable bonds is 3. The zero-order valence-corrected chi connectivity index (χ0v) is 14.1. The summed E-state index contributed by atoms with van der Waals surface area (Å²) < 4.78 is 26.8. The molecule has 0 aliphatic carbocycles. The third-order valence-corrected chi connectivity index (χ3v) is 4.53. The Bertz CT molecular complexity index is 1120. The molecule has 2 aromatic carbocycles. The monoisotopic (exact) mass is 377 g/mol. The molecule has 0 atom stereocenters. The highest BCUT2D eigenvalue weighted by atomic mass is 35.5. The van der Waals surface area contributed by atoms with Crippen LogP contribution in [-0.2, 0) is 0 Å². The van der Waals surface area contributed by atoms with Crippen LogP contribution in [0.5, 0.6) is 0 Å². The van der Waals surface area contributed by atoms with Gasteiger partial charge in [-0.15, -0.1) is 11.3 Å². The quantitative estimate of drug-likeness (QED) is 0.713. The molecule has 0 bridgehead atoms. The van der Waals surface area contributed by atoms with Crippen LogP contribution in [0, 0.1) is 11.6 Å². The highest BCUT2D eigenvalue weighted by Gasteiger charge is 2.04. The number of hydrogen-bond donors (Lipinski definition) is 1. The van der Waals surface area contributed by atoms with E-state index in [0.29, 0.717) is 20.8 Å². The standard InChI is InChI=1S/C18H10ClF2NO2S/c19-12-4-2-11(3-5-12)15(23)9-17-22-18(24)16(25-17)8-10-1-6-13(20)14(21)7-10/h1-9H,(H,22,24)/b16-8-,17-9-. The van der Waals surface area contributed by atoms with Crippen molar-refractivity contribution in [3.63, 3.8) is 0 Å². The first-order valence-electron chi connectivity index (χ1n) is 7.10. The summed E-state index contributed by atoms with van der Waals surface area (Å²) in [5.41, 5.74) is 0.372. The maximum Gasteiger partial charge on any atom is 0.266 e. The van der Waals surface area contributed by atoms with Crippen LogP contribution in [0.2, 0.25) is 5.02 Å². The molecule has 1 aromatic heterocycles. The number of ketones is 1. The summed E-state index contributed by atoms with van der Waals surface area (Å²) in [5.74, 6) is -2.24. The number of thiazole rings is 1. The highest BCUT2D eigenvalue weighted by Crippen LogP contribution is 2.10. The molecule has 0 aliphatic heterocycles. The number of hydrogen-bond acceptors (Lipinski definition) is 3. The molecule has 0 unspecified atom stereocenters. The summed E-state index contributed by atoms with van der Waals surface area (Å²) >= 11 is 6.83. The van der Waals surface area contributed by atoms with Gasteiger partial charge in [0.15, 0.2) is 17.4 Å². The van der Waals surface area contributed by atoms with E-state index in [0.717, 1.165) is 23.5 Å². The normalized spacial score (nSPS) is 12.6. The van der Waals surface area contributed by atoms with Crippen LogP contribution >= 0.6 is 22.9 Å². The van der Waals surface area contributed by atoms with E-state index in [2.05, 4.69) is 4.98 Å². The maximum atomic E-state index is 13.2. The van der Waals surface area contributed by atoms with Crippen molar-refractivity contribution in [2.24, 2.45) is 0 Å². The number of carbonyl (C=O) groups is 1. The number of carbonyl (C=O) groups excluding carboxylic acids is 1. The minimum Gasteiger partial charge on any atom is -0.313 e. The van der Waals surface area contributed by atoms with E-state index in [9.17, 15) is 18.4 Å². The van der Waals surface area contributed by atoms with Gasteiger partial charge >= 0.3 is 0 Å². The van der Waals surface area contributed by atoms with Gasteiger partial charge in [0.1, 0.15) is 0 Å².